The number of carbonyl (C=O) groups is 1. The molecule has 2 aromatic carbocycles. The van der Waals surface area contributed by atoms with Crippen molar-refractivity contribution in [2.45, 2.75) is 26.7 Å². The van der Waals surface area contributed by atoms with Gasteiger partial charge < -0.3 is 10.1 Å². The van der Waals surface area contributed by atoms with E-state index in [1.54, 1.807) is 12.1 Å². The van der Waals surface area contributed by atoms with Crippen molar-refractivity contribution in [2.24, 2.45) is 0 Å². The molecule has 2 aromatic rings. The average Bonchev–Trinajstić information content (AvgIpc) is 2.49. The lowest BCUT2D eigenvalue weighted by atomic mass is 10.1. The van der Waals surface area contributed by atoms with Gasteiger partial charge in [0.05, 0.1) is 6.61 Å². The molecule has 0 aliphatic rings. The van der Waals surface area contributed by atoms with Crippen LogP contribution in [0.3, 0.4) is 0 Å². The Morgan fingerprint density at radius 2 is 1.86 bits per heavy atom. The van der Waals surface area contributed by atoms with Gasteiger partial charge in [0.25, 0.3) is 0 Å². The summed E-state index contributed by atoms with van der Waals surface area (Å²) in [6.45, 7) is 4.50. The monoisotopic (exact) mass is 317 g/mol. The number of halogens is 1. The maximum absolute atomic E-state index is 11.9. The van der Waals surface area contributed by atoms with Crippen LogP contribution in [0.4, 0.5) is 5.69 Å². The van der Waals surface area contributed by atoms with Crippen molar-refractivity contribution in [1.29, 1.82) is 0 Å². The lowest BCUT2D eigenvalue weighted by Crippen LogP contribution is -2.13. The third-order valence-corrected chi connectivity index (χ3v) is 3.55. The lowest BCUT2D eigenvalue weighted by Gasteiger charge is -2.10. The molecule has 116 valence electrons. The Labute approximate surface area is 136 Å². The van der Waals surface area contributed by atoms with Crippen molar-refractivity contribution in [2.75, 3.05) is 11.9 Å². The number of rotatable bonds is 6. The van der Waals surface area contributed by atoms with Crippen LogP contribution in [0.1, 0.15) is 24.0 Å². The van der Waals surface area contributed by atoms with E-state index >= 15 is 0 Å². The van der Waals surface area contributed by atoms with Crippen molar-refractivity contribution in [3.05, 3.63) is 58.6 Å². The van der Waals surface area contributed by atoms with E-state index in [1.807, 2.05) is 44.2 Å². The molecule has 0 atom stereocenters. The number of nitrogens with one attached hydrogen (secondary N) is 1. The summed E-state index contributed by atoms with van der Waals surface area (Å²) in [7, 11) is 0. The van der Waals surface area contributed by atoms with Crippen molar-refractivity contribution in [3.8, 4) is 5.75 Å². The van der Waals surface area contributed by atoms with Crippen molar-refractivity contribution in [3.63, 3.8) is 0 Å². The SMILES string of the molecule is Cc1ccc(C)c(NC(=O)CCCOc2ccc(Cl)cc2)c1. The highest BCUT2D eigenvalue weighted by Gasteiger charge is 2.05. The zero-order chi connectivity index (χ0) is 15.9. The molecular formula is C18H20ClNO2. The van der Waals surface area contributed by atoms with Gasteiger partial charge in [-0.05, 0) is 61.7 Å². The minimum atomic E-state index is 0.00778. The van der Waals surface area contributed by atoms with E-state index in [2.05, 4.69) is 5.32 Å². The Balaban J connectivity index is 1.74. The van der Waals surface area contributed by atoms with Gasteiger partial charge in [-0.3, -0.25) is 4.79 Å². The summed E-state index contributed by atoms with van der Waals surface area (Å²) in [6.07, 6.45) is 1.10. The van der Waals surface area contributed by atoms with Gasteiger partial charge in [-0.2, -0.15) is 0 Å². The fourth-order valence-corrected chi connectivity index (χ4v) is 2.16. The van der Waals surface area contributed by atoms with Crippen LogP contribution in [0.15, 0.2) is 42.5 Å². The molecule has 0 aliphatic heterocycles. The summed E-state index contributed by atoms with van der Waals surface area (Å²) >= 11 is 5.81. The molecule has 0 saturated carbocycles. The second kappa shape index (κ2) is 7.85. The fourth-order valence-electron chi connectivity index (χ4n) is 2.04. The van der Waals surface area contributed by atoms with Crippen LogP contribution in [-0.4, -0.2) is 12.5 Å². The predicted octanol–water partition coefficient (Wildman–Crippen LogP) is 4.75. The minimum absolute atomic E-state index is 0.00778. The number of hydrogen-bond donors (Lipinski definition) is 1. The first-order valence-corrected chi connectivity index (χ1v) is 7.68. The lowest BCUT2D eigenvalue weighted by molar-refractivity contribution is -0.116. The summed E-state index contributed by atoms with van der Waals surface area (Å²) in [5.74, 6) is 0.771. The van der Waals surface area contributed by atoms with Crippen LogP contribution in [0.25, 0.3) is 0 Å². The highest BCUT2D eigenvalue weighted by Crippen LogP contribution is 2.17. The third-order valence-electron chi connectivity index (χ3n) is 3.30. The molecule has 0 aromatic heterocycles. The standard InChI is InChI=1S/C18H20ClNO2/c1-13-5-6-14(2)17(12-13)20-18(21)4-3-11-22-16-9-7-15(19)8-10-16/h5-10,12H,3-4,11H2,1-2H3,(H,20,21). The molecule has 0 aliphatic carbocycles. The molecule has 0 radical (unpaired) electrons. The van der Waals surface area contributed by atoms with E-state index in [-0.39, 0.29) is 5.91 Å². The first-order chi connectivity index (χ1) is 10.5. The number of aryl methyl sites for hydroxylation is 2. The second-order valence-corrected chi connectivity index (χ2v) is 5.71. The molecule has 2 rings (SSSR count). The number of ether oxygens (including phenoxy) is 1. The molecule has 0 spiro atoms. The minimum Gasteiger partial charge on any atom is -0.494 e. The Morgan fingerprint density at radius 3 is 2.59 bits per heavy atom. The van der Waals surface area contributed by atoms with Crippen LogP contribution in [-0.2, 0) is 4.79 Å². The molecule has 3 nitrogen and oxygen atoms in total. The molecule has 0 unspecified atom stereocenters. The van der Waals surface area contributed by atoms with E-state index in [1.165, 1.54) is 0 Å². The summed E-state index contributed by atoms with van der Waals surface area (Å²) in [4.78, 5) is 11.9. The van der Waals surface area contributed by atoms with Crippen molar-refractivity contribution >= 4 is 23.2 Å². The van der Waals surface area contributed by atoms with Gasteiger partial charge in [-0.25, -0.2) is 0 Å². The van der Waals surface area contributed by atoms with E-state index < -0.39 is 0 Å². The predicted molar refractivity (Wildman–Crippen MR) is 90.7 cm³/mol. The normalized spacial score (nSPS) is 10.3. The van der Waals surface area contributed by atoms with Crippen molar-refractivity contribution in [1.82, 2.24) is 0 Å². The van der Waals surface area contributed by atoms with E-state index in [0.29, 0.717) is 24.5 Å². The average molecular weight is 318 g/mol. The Hall–Kier alpha value is -2.00. The second-order valence-electron chi connectivity index (χ2n) is 5.27. The number of benzene rings is 2. The van der Waals surface area contributed by atoms with Gasteiger partial charge in [0, 0.05) is 17.1 Å². The van der Waals surface area contributed by atoms with Crippen LogP contribution in [0, 0.1) is 13.8 Å². The maximum Gasteiger partial charge on any atom is 0.224 e. The number of hydrogen-bond acceptors (Lipinski definition) is 2. The van der Waals surface area contributed by atoms with Gasteiger partial charge in [0.15, 0.2) is 0 Å². The van der Waals surface area contributed by atoms with Gasteiger partial charge in [0.2, 0.25) is 5.91 Å². The zero-order valence-electron chi connectivity index (χ0n) is 12.9. The number of amides is 1. The number of anilines is 1. The van der Waals surface area contributed by atoms with Crippen LogP contribution < -0.4 is 10.1 Å². The fraction of sp³-hybridized carbons (Fsp3) is 0.278. The first kappa shape index (κ1) is 16.4. The highest BCUT2D eigenvalue weighted by atomic mass is 35.5. The zero-order valence-corrected chi connectivity index (χ0v) is 13.6. The van der Waals surface area contributed by atoms with Crippen LogP contribution in [0.5, 0.6) is 5.75 Å². The van der Waals surface area contributed by atoms with Gasteiger partial charge in [-0.1, -0.05) is 23.7 Å². The molecule has 0 bridgehead atoms. The molecule has 4 heteroatoms. The van der Waals surface area contributed by atoms with E-state index in [0.717, 1.165) is 22.6 Å². The molecule has 22 heavy (non-hydrogen) atoms. The summed E-state index contributed by atoms with van der Waals surface area (Å²) in [5, 5.41) is 3.63. The molecule has 0 fully saturated rings. The van der Waals surface area contributed by atoms with Crippen LogP contribution >= 0.6 is 11.6 Å². The topological polar surface area (TPSA) is 38.3 Å². The Kier molecular flexibility index (Phi) is 5.84. The summed E-state index contributed by atoms with van der Waals surface area (Å²) in [5.41, 5.74) is 3.08. The van der Waals surface area contributed by atoms with Gasteiger partial charge in [0.1, 0.15) is 5.75 Å². The van der Waals surface area contributed by atoms with E-state index in [9.17, 15) is 4.79 Å². The Bertz CT molecular complexity index is 638. The van der Waals surface area contributed by atoms with E-state index in [4.69, 9.17) is 16.3 Å². The highest BCUT2D eigenvalue weighted by molar-refractivity contribution is 6.30. The number of carbonyl (C=O) groups excluding carboxylic acids is 1. The van der Waals surface area contributed by atoms with Gasteiger partial charge in [-0.15, -0.1) is 0 Å². The van der Waals surface area contributed by atoms with Crippen molar-refractivity contribution < 1.29 is 9.53 Å². The smallest absolute Gasteiger partial charge is 0.224 e. The largest absolute Gasteiger partial charge is 0.494 e. The maximum atomic E-state index is 11.9. The molecule has 1 N–H and O–H groups in total. The molecule has 0 heterocycles. The molecule has 0 saturated heterocycles. The first-order valence-electron chi connectivity index (χ1n) is 7.30. The Morgan fingerprint density at radius 1 is 1.14 bits per heavy atom. The summed E-state index contributed by atoms with van der Waals surface area (Å²) in [6, 6.07) is 13.2. The molecular weight excluding hydrogens is 298 g/mol. The van der Waals surface area contributed by atoms with Crippen LogP contribution in [0.2, 0.25) is 5.02 Å². The van der Waals surface area contributed by atoms with Gasteiger partial charge >= 0.3 is 0 Å². The quantitative estimate of drug-likeness (QED) is 0.780. The summed E-state index contributed by atoms with van der Waals surface area (Å²) < 4.78 is 5.57. The molecule has 1 amide bonds. The third kappa shape index (κ3) is 5.08.